The lowest BCUT2D eigenvalue weighted by Crippen LogP contribution is -2.30. The van der Waals surface area contributed by atoms with E-state index in [2.05, 4.69) is 23.5 Å². The van der Waals surface area contributed by atoms with Crippen molar-refractivity contribution in [2.24, 2.45) is 12.9 Å². The van der Waals surface area contributed by atoms with Crippen LogP contribution in [0, 0.1) is 0 Å². The lowest BCUT2D eigenvalue weighted by atomic mass is 10.1. The molecule has 0 aliphatic heterocycles. The van der Waals surface area contributed by atoms with E-state index in [9.17, 15) is 0 Å². The fourth-order valence-electron chi connectivity index (χ4n) is 1.96. The first-order chi connectivity index (χ1) is 8.65. The third-order valence-electron chi connectivity index (χ3n) is 3.03. The topological polar surface area (TPSA) is 69.0 Å². The molecule has 5 nitrogen and oxygen atoms in total. The zero-order valence-corrected chi connectivity index (χ0v) is 11.2. The number of furan rings is 1. The monoisotopic (exact) mass is 268 g/mol. The maximum absolute atomic E-state index is 5.97. The highest BCUT2D eigenvalue weighted by molar-refractivity contribution is 6.29. The molecule has 0 amide bonds. The van der Waals surface area contributed by atoms with Gasteiger partial charge in [-0.05, 0) is 30.2 Å². The second-order valence-corrected chi connectivity index (χ2v) is 4.52. The average Bonchev–Trinajstić information content (AvgIpc) is 2.93. The minimum Gasteiger partial charge on any atom is -0.453 e. The van der Waals surface area contributed by atoms with Crippen LogP contribution in [0.5, 0.6) is 0 Å². The molecular formula is C12H17ClN4O. The average molecular weight is 269 g/mol. The third-order valence-corrected chi connectivity index (χ3v) is 3.33. The SMILES string of the molecule is CCc1cc(CC(NN)c2ccoc2Cl)n(C)n1. The minimum absolute atomic E-state index is 0.0867. The van der Waals surface area contributed by atoms with Gasteiger partial charge in [0.2, 0.25) is 0 Å². The van der Waals surface area contributed by atoms with E-state index >= 15 is 0 Å². The van der Waals surface area contributed by atoms with E-state index in [1.807, 2.05) is 17.8 Å². The highest BCUT2D eigenvalue weighted by atomic mass is 35.5. The molecule has 0 fully saturated rings. The van der Waals surface area contributed by atoms with Gasteiger partial charge in [0.1, 0.15) is 0 Å². The van der Waals surface area contributed by atoms with E-state index in [1.165, 1.54) is 0 Å². The summed E-state index contributed by atoms with van der Waals surface area (Å²) in [5.74, 6) is 5.59. The van der Waals surface area contributed by atoms with Gasteiger partial charge in [-0.25, -0.2) is 0 Å². The summed E-state index contributed by atoms with van der Waals surface area (Å²) in [5, 5.41) is 4.78. The summed E-state index contributed by atoms with van der Waals surface area (Å²) < 4.78 is 6.96. The van der Waals surface area contributed by atoms with Crippen LogP contribution in [0.1, 0.15) is 29.9 Å². The summed E-state index contributed by atoms with van der Waals surface area (Å²) in [6, 6.07) is 3.82. The molecule has 0 saturated carbocycles. The van der Waals surface area contributed by atoms with Crippen molar-refractivity contribution in [3.63, 3.8) is 0 Å². The van der Waals surface area contributed by atoms with E-state index in [-0.39, 0.29) is 6.04 Å². The van der Waals surface area contributed by atoms with E-state index in [1.54, 1.807) is 6.26 Å². The predicted octanol–water partition coefficient (Wildman–Crippen LogP) is 1.98. The van der Waals surface area contributed by atoms with E-state index in [0.717, 1.165) is 23.4 Å². The lowest BCUT2D eigenvalue weighted by Gasteiger charge is -2.14. The summed E-state index contributed by atoms with van der Waals surface area (Å²) in [6.07, 6.45) is 3.18. The van der Waals surface area contributed by atoms with Crippen molar-refractivity contribution >= 4 is 11.6 Å². The van der Waals surface area contributed by atoms with Crippen LogP contribution in [0.25, 0.3) is 0 Å². The van der Waals surface area contributed by atoms with Crippen molar-refractivity contribution in [2.45, 2.75) is 25.8 Å². The van der Waals surface area contributed by atoms with Gasteiger partial charge in [-0.2, -0.15) is 5.10 Å². The molecule has 0 saturated heterocycles. The van der Waals surface area contributed by atoms with Crippen LogP contribution < -0.4 is 11.3 Å². The zero-order chi connectivity index (χ0) is 13.1. The normalized spacial score (nSPS) is 12.9. The number of hydrazine groups is 1. The molecule has 6 heteroatoms. The molecule has 0 spiro atoms. The Morgan fingerprint density at radius 2 is 2.39 bits per heavy atom. The summed E-state index contributed by atoms with van der Waals surface area (Å²) >= 11 is 5.97. The lowest BCUT2D eigenvalue weighted by molar-refractivity contribution is 0.513. The van der Waals surface area contributed by atoms with Crippen LogP contribution in [-0.2, 0) is 19.9 Å². The van der Waals surface area contributed by atoms with Crippen molar-refractivity contribution in [1.29, 1.82) is 0 Å². The predicted molar refractivity (Wildman–Crippen MR) is 70.1 cm³/mol. The van der Waals surface area contributed by atoms with E-state index < -0.39 is 0 Å². The second kappa shape index (κ2) is 5.56. The molecule has 1 unspecified atom stereocenters. The van der Waals surface area contributed by atoms with Gasteiger partial charge in [0.05, 0.1) is 18.0 Å². The van der Waals surface area contributed by atoms with Crippen molar-refractivity contribution in [1.82, 2.24) is 15.2 Å². The Hall–Kier alpha value is -1.30. The zero-order valence-electron chi connectivity index (χ0n) is 10.5. The summed E-state index contributed by atoms with van der Waals surface area (Å²) in [7, 11) is 1.93. The molecule has 2 aromatic heterocycles. The Morgan fingerprint density at radius 1 is 1.61 bits per heavy atom. The molecule has 2 rings (SSSR count). The standard InChI is InChI=1S/C12H17ClN4O/c1-3-8-6-9(17(2)16-8)7-11(15-14)10-4-5-18-12(10)13/h4-6,11,15H,3,7,14H2,1-2H3. The summed E-state index contributed by atoms with van der Waals surface area (Å²) in [6.45, 7) is 2.08. The van der Waals surface area contributed by atoms with Gasteiger partial charge < -0.3 is 4.42 Å². The summed E-state index contributed by atoms with van der Waals surface area (Å²) in [5.41, 5.74) is 5.80. The van der Waals surface area contributed by atoms with Crippen LogP contribution in [0.2, 0.25) is 5.22 Å². The molecule has 0 bridgehead atoms. The van der Waals surface area contributed by atoms with Crippen molar-refractivity contribution < 1.29 is 4.42 Å². The van der Waals surface area contributed by atoms with Gasteiger partial charge in [-0.1, -0.05) is 6.92 Å². The second-order valence-electron chi connectivity index (χ2n) is 4.18. The molecule has 1 atom stereocenters. The quantitative estimate of drug-likeness (QED) is 0.643. The molecule has 98 valence electrons. The molecule has 3 N–H and O–H groups in total. The molecule has 2 heterocycles. The Balaban J connectivity index is 2.20. The third kappa shape index (κ3) is 2.58. The summed E-state index contributed by atoms with van der Waals surface area (Å²) in [4.78, 5) is 0. The van der Waals surface area contributed by atoms with Gasteiger partial charge in [-0.15, -0.1) is 0 Å². The molecule has 0 radical (unpaired) electrons. The maximum Gasteiger partial charge on any atom is 0.197 e. The first kappa shape index (κ1) is 13.1. The number of aromatic nitrogens is 2. The van der Waals surface area contributed by atoms with Gasteiger partial charge >= 0.3 is 0 Å². The molecule has 0 aliphatic rings. The Morgan fingerprint density at radius 3 is 2.89 bits per heavy atom. The van der Waals surface area contributed by atoms with Crippen LogP contribution >= 0.6 is 11.6 Å². The highest BCUT2D eigenvalue weighted by Crippen LogP contribution is 2.26. The van der Waals surface area contributed by atoms with Crippen LogP contribution in [0.4, 0.5) is 0 Å². The number of hydrogen-bond donors (Lipinski definition) is 2. The fraction of sp³-hybridized carbons (Fsp3) is 0.417. The van der Waals surface area contributed by atoms with Crippen LogP contribution in [0.15, 0.2) is 22.8 Å². The minimum atomic E-state index is -0.0867. The number of nitrogens with one attached hydrogen (secondary N) is 1. The van der Waals surface area contributed by atoms with Gasteiger partial charge in [-0.3, -0.25) is 16.0 Å². The van der Waals surface area contributed by atoms with Gasteiger partial charge in [0, 0.05) is 24.7 Å². The maximum atomic E-state index is 5.97. The molecule has 0 aromatic carbocycles. The molecule has 2 aromatic rings. The fourth-order valence-corrected chi connectivity index (χ4v) is 2.20. The van der Waals surface area contributed by atoms with Crippen molar-refractivity contribution in [3.05, 3.63) is 40.6 Å². The Bertz CT molecular complexity index is 520. The molecule has 18 heavy (non-hydrogen) atoms. The van der Waals surface area contributed by atoms with Gasteiger partial charge in [0.25, 0.3) is 0 Å². The van der Waals surface area contributed by atoms with Crippen molar-refractivity contribution in [2.75, 3.05) is 0 Å². The Labute approximate surface area is 111 Å². The number of halogens is 1. The number of hydrogen-bond acceptors (Lipinski definition) is 4. The van der Waals surface area contributed by atoms with E-state index in [0.29, 0.717) is 11.6 Å². The number of rotatable bonds is 5. The van der Waals surface area contributed by atoms with Crippen molar-refractivity contribution in [3.8, 4) is 0 Å². The smallest absolute Gasteiger partial charge is 0.197 e. The van der Waals surface area contributed by atoms with E-state index in [4.69, 9.17) is 21.9 Å². The molecule has 0 aliphatic carbocycles. The number of nitrogens with zero attached hydrogens (tertiary/aromatic N) is 2. The van der Waals surface area contributed by atoms with Gasteiger partial charge in [0.15, 0.2) is 5.22 Å². The number of aryl methyl sites for hydroxylation is 2. The van der Waals surface area contributed by atoms with Crippen LogP contribution in [0.3, 0.4) is 0 Å². The first-order valence-corrected chi connectivity index (χ1v) is 6.24. The van der Waals surface area contributed by atoms with Crippen LogP contribution in [-0.4, -0.2) is 9.78 Å². The first-order valence-electron chi connectivity index (χ1n) is 5.86. The number of nitrogens with two attached hydrogens (primary N) is 1. The highest BCUT2D eigenvalue weighted by Gasteiger charge is 2.18. The molecular weight excluding hydrogens is 252 g/mol. The Kier molecular flexibility index (Phi) is 4.06. The largest absolute Gasteiger partial charge is 0.453 e.